The van der Waals surface area contributed by atoms with Gasteiger partial charge in [0.05, 0.1) is 19.4 Å². The summed E-state index contributed by atoms with van der Waals surface area (Å²) < 4.78 is 34.7. The first-order chi connectivity index (χ1) is 12.4. The Morgan fingerprint density at radius 3 is 2.69 bits per heavy atom. The molecule has 0 fully saturated rings. The minimum Gasteiger partial charge on any atom is -0.466 e. The second-order valence-electron chi connectivity index (χ2n) is 5.79. The van der Waals surface area contributed by atoms with E-state index in [0.717, 1.165) is 0 Å². The van der Waals surface area contributed by atoms with Crippen molar-refractivity contribution in [3.8, 4) is 5.75 Å². The highest BCUT2D eigenvalue weighted by molar-refractivity contribution is 5.79. The largest absolute Gasteiger partial charge is 0.466 e. The molecule has 8 heteroatoms. The zero-order valence-corrected chi connectivity index (χ0v) is 14.7. The van der Waals surface area contributed by atoms with Crippen LogP contribution in [0.1, 0.15) is 25.2 Å². The van der Waals surface area contributed by atoms with E-state index >= 15 is 0 Å². The molecule has 0 aliphatic heterocycles. The van der Waals surface area contributed by atoms with Gasteiger partial charge >= 0.3 is 6.61 Å². The first kappa shape index (κ1) is 19.7. The fourth-order valence-corrected chi connectivity index (χ4v) is 2.28. The van der Waals surface area contributed by atoms with Crippen LogP contribution in [0.15, 0.2) is 52.1 Å². The fourth-order valence-electron chi connectivity index (χ4n) is 2.28. The fraction of sp³-hybridized carbons (Fsp3) is 0.389. The molecule has 0 bridgehead atoms. The van der Waals surface area contributed by atoms with E-state index < -0.39 is 12.2 Å². The van der Waals surface area contributed by atoms with Crippen LogP contribution in [0.3, 0.4) is 0 Å². The summed E-state index contributed by atoms with van der Waals surface area (Å²) >= 11 is 0. The van der Waals surface area contributed by atoms with E-state index in [9.17, 15) is 13.9 Å². The van der Waals surface area contributed by atoms with Crippen LogP contribution in [0.2, 0.25) is 0 Å². The third-order valence-corrected chi connectivity index (χ3v) is 3.59. The first-order valence-electron chi connectivity index (χ1n) is 8.23. The Kier molecular flexibility index (Phi) is 6.97. The predicted octanol–water partition coefficient (Wildman–Crippen LogP) is 2.84. The van der Waals surface area contributed by atoms with Gasteiger partial charge in [-0.2, -0.15) is 8.78 Å². The van der Waals surface area contributed by atoms with Crippen LogP contribution in [0.4, 0.5) is 8.78 Å². The number of aliphatic imine (C=N–C) groups is 1. The summed E-state index contributed by atoms with van der Waals surface area (Å²) in [5.74, 6) is 0.951. The lowest BCUT2D eigenvalue weighted by atomic mass is 10.0. The number of furan rings is 1. The maximum Gasteiger partial charge on any atom is 0.387 e. The molecule has 3 N–H and O–H groups in total. The topological polar surface area (TPSA) is 79.0 Å². The number of benzene rings is 1. The van der Waals surface area contributed by atoms with Crippen molar-refractivity contribution in [2.75, 3.05) is 13.1 Å². The van der Waals surface area contributed by atoms with Crippen LogP contribution >= 0.6 is 0 Å². The smallest absolute Gasteiger partial charge is 0.387 e. The first-order valence-corrected chi connectivity index (χ1v) is 8.23. The van der Waals surface area contributed by atoms with Crippen molar-refractivity contribution in [1.82, 2.24) is 10.6 Å². The lowest BCUT2D eigenvalue weighted by Gasteiger charge is -2.22. The summed E-state index contributed by atoms with van der Waals surface area (Å²) in [4.78, 5) is 4.36. The lowest BCUT2D eigenvalue weighted by molar-refractivity contribution is -0.0504. The van der Waals surface area contributed by atoms with Crippen molar-refractivity contribution < 1.29 is 23.0 Å². The van der Waals surface area contributed by atoms with E-state index in [1.807, 2.05) is 6.92 Å². The summed E-state index contributed by atoms with van der Waals surface area (Å²) in [6.45, 7) is 1.52. The number of aliphatic hydroxyl groups is 1. The average molecular weight is 367 g/mol. The van der Waals surface area contributed by atoms with Crippen LogP contribution in [-0.2, 0) is 12.1 Å². The quantitative estimate of drug-likeness (QED) is 0.494. The summed E-state index contributed by atoms with van der Waals surface area (Å²) in [6, 6.07) is 9.87. The van der Waals surface area contributed by atoms with Crippen LogP contribution in [0.25, 0.3) is 0 Å². The van der Waals surface area contributed by atoms with Crippen molar-refractivity contribution in [1.29, 1.82) is 0 Å². The second-order valence-corrected chi connectivity index (χ2v) is 5.79. The molecule has 142 valence electrons. The zero-order chi connectivity index (χ0) is 19.0. The Morgan fingerprint density at radius 1 is 1.27 bits per heavy atom. The predicted molar refractivity (Wildman–Crippen MR) is 94.2 cm³/mol. The summed E-state index contributed by atoms with van der Waals surface area (Å²) in [7, 11) is 0. The monoisotopic (exact) mass is 367 g/mol. The number of alkyl halides is 2. The van der Waals surface area contributed by atoms with E-state index in [0.29, 0.717) is 23.8 Å². The molecule has 0 saturated carbocycles. The molecule has 0 radical (unpaired) electrons. The number of halogens is 2. The third-order valence-electron chi connectivity index (χ3n) is 3.59. The van der Waals surface area contributed by atoms with Gasteiger partial charge in [-0.3, -0.25) is 0 Å². The zero-order valence-electron chi connectivity index (χ0n) is 14.7. The van der Waals surface area contributed by atoms with Gasteiger partial charge in [0.2, 0.25) is 0 Å². The third kappa shape index (κ3) is 5.73. The molecule has 1 unspecified atom stereocenters. The molecule has 0 amide bonds. The molecule has 26 heavy (non-hydrogen) atoms. The Hall–Kier alpha value is -2.61. The van der Waals surface area contributed by atoms with Crippen molar-refractivity contribution in [3.05, 3.63) is 54.0 Å². The second kappa shape index (κ2) is 9.19. The van der Waals surface area contributed by atoms with Gasteiger partial charge in [0, 0.05) is 12.1 Å². The van der Waals surface area contributed by atoms with Crippen molar-refractivity contribution in [2.45, 2.75) is 32.6 Å². The molecule has 1 aromatic heterocycles. The Bertz CT molecular complexity index is 703. The number of rotatable bonds is 8. The molecule has 0 aliphatic rings. The molecule has 2 aromatic rings. The van der Waals surface area contributed by atoms with Gasteiger partial charge in [-0.25, -0.2) is 4.99 Å². The Morgan fingerprint density at radius 2 is 2.04 bits per heavy atom. The summed E-state index contributed by atoms with van der Waals surface area (Å²) in [6.07, 6.45) is 1.49. The molecule has 0 spiro atoms. The van der Waals surface area contributed by atoms with E-state index in [-0.39, 0.29) is 18.8 Å². The van der Waals surface area contributed by atoms with Gasteiger partial charge in [0.1, 0.15) is 17.1 Å². The minimum absolute atomic E-state index is 0.0877. The van der Waals surface area contributed by atoms with Gasteiger partial charge in [0.25, 0.3) is 0 Å². The van der Waals surface area contributed by atoms with Crippen LogP contribution < -0.4 is 15.4 Å². The van der Waals surface area contributed by atoms with E-state index in [1.165, 1.54) is 12.3 Å². The molecule has 0 saturated heterocycles. The molecular formula is C18H23F2N3O3. The van der Waals surface area contributed by atoms with Crippen molar-refractivity contribution >= 4 is 5.96 Å². The maximum atomic E-state index is 12.5. The van der Waals surface area contributed by atoms with Crippen molar-refractivity contribution in [2.24, 2.45) is 4.99 Å². The number of nitrogens with zero attached hydrogens (tertiary/aromatic N) is 1. The van der Waals surface area contributed by atoms with Crippen LogP contribution in [0.5, 0.6) is 5.75 Å². The van der Waals surface area contributed by atoms with Crippen LogP contribution in [0, 0.1) is 0 Å². The average Bonchev–Trinajstić information content (AvgIpc) is 3.13. The van der Waals surface area contributed by atoms with Gasteiger partial charge < -0.3 is 24.9 Å². The molecule has 1 heterocycles. The lowest BCUT2D eigenvalue weighted by Crippen LogP contribution is -2.44. The van der Waals surface area contributed by atoms with E-state index in [4.69, 9.17) is 4.42 Å². The minimum atomic E-state index is -2.89. The van der Waals surface area contributed by atoms with Crippen LogP contribution in [-0.4, -0.2) is 30.8 Å². The molecular weight excluding hydrogens is 344 g/mol. The number of hydrogen-bond donors (Lipinski definition) is 3. The molecule has 2 rings (SSSR count). The number of guanidine groups is 1. The molecule has 6 nitrogen and oxygen atoms in total. The van der Waals surface area contributed by atoms with Gasteiger partial charge in [-0.1, -0.05) is 18.2 Å². The highest BCUT2D eigenvalue weighted by atomic mass is 19.3. The van der Waals surface area contributed by atoms with Gasteiger partial charge in [0.15, 0.2) is 5.96 Å². The summed E-state index contributed by atoms with van der Waals surface area (Å²) in [5, 5.41) is 16.5. The van der Waals surface area contributed by atoms with E-state index in [2.05, 4.69) is 20.4 Å². The number of para-hydroxylation sites is 1. The molecule has 1 aromatic carbocycles. The van der Waals surface area contributed by atoms with Gasteiger partial charge in [-0.15, -0.1) is 0 Å². The van der Waals surface area contributed by atoms with E-state index in [1.54, 1.807) is 37.3 Å². The number of hydrogen-bond acceptors (Lipinski definition) is 4. The number of nitrogens with one attached hydrogen (secondary N) is 2. The number of ether oxygens (including phenoxy) is 1. The molecule has 0 aliphatic carbocycles. The van der Waals surface area contributed by atoms with Gasteiger partial charge in [-0.05, 0) is 32.0 Å². The molecule has 1 atom stereocenters. The SMILES string of the molecule is CCNC(=NCc1ccccc1OC(F)F)NCC(C)(O)c1ccco1. The maximum absolute atomic E-state index is 12.5. The standard InChI is InChI=1S/C18H23F2N3O3/c1-3-21-17(23-12-18(2,24)15-9-6-10-25-15)22-11-13-7-4-5-8-14(13)26-16(19)20/h4-10,16,24H,3,11-12H2,1-2H3,(H2,21,22,23). The highest BCUT2D eigenvalue weighted by Crippen LogP contribution is 2.21. The van der Waals surface area contributed by atoms with Crippen molar-refractivity contribution in [3.63, 3.8) is 0 Å². The Labute approximate surface area is 150 Å². The normalized spacial score (nSPS) is 14.2. The Balaban J connectivity index is 2.05. The summed E-state index contributed by atoms with van der Waals surface area (Å²) in [5.41, 5.74) is -0.695. The highest BCUT2D eigenvalue weighted by Gasteiger charge is 2.26.